The molecule has 154 valence electrons. The average molecular weight is 451 g/mol. The molecule has 0 saturated carbocycles. The first-order valence-electron chi connectivity index (χ1n) is 9.42. The number of nitrogens with one attached hydrogen (secondary N) is 1. The first-order valence-corrected chi connectivity index (χ1v) is 12.2. The van der Waals surface area contributed by atoms with Gasteiger partial charge in [0, 0.05) is 5.75 Å². The number of amides is 1. The highest BCUT2D eigenvalue weighted by Gasteiger charge is 2.38. The Hall–Kier alpha value is -1.49. The second-order valence-corrected chi connectivity index (χ2v) is 10.1. The lowest BCUT2D eigenvalue weighted by atomic mass is 10.1. The molecule has 1 fully saturated rings. The van der Waals surface area contributed by atoms with Crippen LogP contribution in [0.1, 0.15) is 32.4 Å². The van der Waals surface area contributed by atoms with Crippen LogP contribution in [0.3, 0.4) is 0 Å². The van der Waals surface area contributed by atoms with Crippen LogP contribution < -0.4 is 0 Å². The van der Waals surface area contributed by atoms with Crippen molar-refractivity contribution in [3.63, 3.8) is 0 Å². The molecule has 4 rings (SSSR count). The normalized spacial score (nSPS) is 25.8. The molecule has 7 nitrogen and oxygen atoms in total. The summed E-state index contributed by atoms with van der Waals surface area (Å²) in [5.74, 6) is 2.81. The first kappa shape index (κ1) is 20.8. The quantitative estimate of drug-likeness (QED) is 0.503. The molecule has 0 spiro atoms. The first-order chi connectivity index (χ1) is 14.0. The Balaban J connectivity index is 1.40. The smallest absolute Gasteiger partial charge is 0.283 e. The van der Waals surface area contributed by atoms with Gasteiger partial charge in [0.25, 0.3) is 5.91 Å². The Morgan fingerprint density at radius 3 is 3.07 bits per heavy atom. The highest BCUT2D eigenvalue weighted by molar-refractivity contribution is 8.19. The van der Waals surface area contributed by atoms with Crippen molar-refractivity contribution >= 4 is 57.5 Å². The summed E-state index contributed by atoms with van der Waals surface area (Å²) in [4.78, 5) is 18.3. The Morgan fingerprint density at radius 1 is 1.45 bits per heavy atom. The minimum Gasteiger partial charge on any atom is -0.468 e. The van der Waals surface area contributed by atoms with Crippen LogP contribution in [0.15, 0.2) is 43.9 Å². The van der Waals surface area contributed by atoms with E-state index in [1.807, 2.05) is 12.1 Å². The van der Waals surface area contributed by atoms with Gasteiger partial charge in [0.15, 0.2) is 5.17 Å². The molecule has 1 aromatic heterocycles. The van der Waals surface area contributed by atoms with Gasteiger partial charge in [0.1, 0.15) is 17.0 Å². The lowest BCUT2D eigenvalue weighted by Crippen LogP contribution is -2.42. The highest BCUT2D eigenvalue weighted by atomic mass is 32.2. The van der Waals surface area contributed by atoms with Gasteiger partial charge >= 0.3 is 0 Å². The summed E-state index contributed by atoms with van der Waals surface area (Å²) >= 11 is 4.43. The Labute approximate surface area is 182 Å². The highest BCUT2D eigenvalue weighted by Crippen LogP contribution is 2.34. The predicted molar refractivity (Wildman–Crippen MR) is 120 cm³/mol. The van der Waals surface area contributed by atoms with E-state index in [1.165, 1.54) is 0 Å². The van der Waals surface area contributed by atoms with Gasteiger partial charge in [-0.3, -0.25) is 10.2 Å². The van der Waals surface area contributed by atoms with Gasteiger partial charge in [-0.25, -0.2) is 4.90 Å². The van der Waals surface area contributed by atoms with E-state index in [-0.39, 0.29) is 22.9 Å². The molecule has 3 aliphatic rings. The third-order valence-electron chi connectivity index (χ3n) is 4.40. The molecular formula is C19H22N4O3S3. The SMILES string of the molecule is CC(C)CSC1=NSC2=NC(=O)/C(=C\C3CCC(SCc4ccco4)O3)C(=N)N12. The van der Waals surface area contributed by atoms with Gasteiger partial charge in [-0.1, -0.05) is 25.6 Å². The van der Waals surface area contributed by atoms with Gasteiger partial charge in [-0.05, 0) is 37.0 Å². The van der Waals surface area contributed by atoms with Crippen molar-refractivity contribution < 1.29 is 13.9 Å². The van der Waals surface area contributed by atoms with Gasteiger partial charge in [0.05, 0.1) is 35.6 Å². The maximum atomic E-state index is 12.5. The van der Waals surface area contributed by atoms with E-state index in [9.17, 15) is 4.79 Å². The van der Waals surface area contributed by atoms with Crippen LogP contribution in [0.25, 0.3) is 0 Å². The molecule has 1 N–H and O–H groups in total. The van der Waals surface area contributed by atoms with Crippen LogP contribution in [0.5, 0.6) is 0 Å². The van der Waals surface area contributed by atoms with Crippen molar-refractivity contribution in [2.75, 3.05) is 5.75 Å². The minimum absolute atomic E-state index is 0.0509. The summed E-state index contributed by atoms with van der Waals surface area (Å²) in [5.41, 5.74) is 0.339. The van der Waals surface area contributed by atoms with E-state index in [1.54, 1.807) is 40.8 Å². The van der Waals surface area contributed by atoms with Crippen molar-refractivity contribution in [3.05, 3.63) is 35.8 Å². The number of carbonyl (C=O) groups is 1. The van der Waals surface area contributed by atoms with Gasteiger partial charge < -0.3 is 9.15 Å². The Kier molecular flexibility index (Phi) is 6.53. The van der Waals surface area contributed by atoms with Crippen LogP contribution >= 0.6 is 35.5 Å². The summed E-state index contributed by atoms with van der Waals surface area (Å²) in [7, 11) is 0. The molecule has 0 aromatic carbocycles. The number of ether oxygens (including phenoxy) is 1. The molecule has 3 aliphatic heterocycles. The summed E-state index contributed by atoms with van der Waals surface area (Å²) in [5, 5.41) is 9.76. The van der Waals surface area contributed by atoms with Gasteiger partial charge in [-0.2, -0.15) is 9.39 Å². The van der Waals surface area contributed by atoms with Crippen molar-refractivity contribution in [2.24, 2.45) is 15.3 Å². The number of rotatable bonds is 6. The molecule has 1 amide bonds. The number of amidine groups is 3. The lowest BCUT2D eigenvalue weighted by molar-refractivity contribution is -0.114. The number of aliphatic imine (C=N–C) groups is 1. The number of hydrogen-bond acceptors (Lipinski definition) is 8. The van der Waals surface area contributed by atoms with E-state index in [2.05, 4.69) is 23.2 Å². The lowest BCUT2D eigenvalue weighted by Gasteiger charge is -2.25. The summed E-state index contributed by atoms with van der Waals surface area (Å²) < 4.78 is 15.8. The summed E-state index contributed by atoms with van der Waals surface area (Å²) in [6.45, 7) is 4.28. The third kappa shape index (κ3) is 4.82. The van der Waals surface area contributed by atoms with Crippen LogP contribution in [0.2, 0.25) is 0 Å². The topological polar surface area (TPSA) is 91.2 Å². The molecule has 1 aromatic rings. The monoisotopic (exact) mass is 450 g/mol. The van der Waals surface area contributed by atoms with Gasteiger partial charge in [-0.15, -0.1) is 11.8 Å². The number of carbonyl (C=O) groups excluding carboxylic acids is 1. The zero-order valence-electron chi connectivity index (χ0n) is 16.2. The Bertz CT molecular complexity index is 879. The number of nitrogens with zero attached hydrogens (tertiary/aromatic N) is 3. The maximum Gasteiger partial charge on any atom is 0.283 e. The van der Waals surface area contributed by atoms with Crippen LogP contribution in [-0.2, 0) is 15.3 Å². The van der Waals surface area contributed by atoms with E-state index in [0.29, 0.717) is 16.3 Å². The van der Waals surface area contributed by atoms with E-state index in [4.69, 9.17) is 14.6 Å². The maximum absolute atomic E-state index is 12.5. The zero-order valence-corrected chi connectivity index (χ0v) is 18.6. The molecule has 0 bridgehead atoms. The van der Waals surface area contributed by atoms with E-state index < -0.39 is 5.91 Å². The molecule has 1 saturated heterocycles. The second-order valence-electron chi connectivity index (χ2n) is 7.21. The molecule has 29 heavy (non-hydrogen) atoms. The Morgan fingerprint density at radius 2 is 2.31 bits per heavy atom. The zero-order chi connectivity index (χ0) is 20.4. The molecule has 0 radical (unpaired) electrons. The van der Waals surface area contributed by atoms with E-state index >= 15 is 0 Å². The number of thioether (sulfide) groups is 2. The third-order valence-corrected chi connectivity index (χ3v) is 7.75. The standard InChI is InChI=1S/C19H22N4O3S3/c1-11(2)9-28-19-22-29-18-21-17(24)14(16(20)23(18)19)8-12-5-6-15(26-12)27-10-13-4-3-7-25-13/h3-4,7-8,11-12,15,20H,5-6,9-10H2,1-2H3/b14-8-,20-16?. The number of hydrogen-bond donors (Lipinski definition) is 1. The van der Waals surface area contributed by atoms with Crippen molar-refractivity contribution in [1.82, 2.24) is 4.90 Å². The molecule has 2 unspecified atom stereocenters. The van der Waals surface area contributed by atoms with Crippen LogP contribution in [0, 0.1) is 11.3 Å². The van der Waals surface area contributed by atoms with Gasteiger partial charge in [0.2, 0.25) is 5.17 Å². The minimum atomic E-state index is -0.394. The van der Waals surface area contributed by atoms with Crippen molar-refractivity contribution in [1.29, 1.82) is 5.41 Å². The number of fused-ring (bicyclic) bond motifs is 1. The van der Waals surface area contributed by atoms with E-state index in [0.717, 1.165) is 42.1 Å². The molecule has 4 heterocycles. The van der Waals surface area contributed by atoms with Crippen LogP contribution in [0.4, 0.5) is 0 Å². The molecule has 2 atom stereocenters. The average Bonchev–Trinajstić information content (AvgIpc) is 3.42. The largest absolute Gasteiger partial charge is 0.468 e. The molecular weight excluding hydrogens is 428 g/mol. The van der Waals surface area contributed by atoms with Crippen molar-refractivity contribution in [2.45, 2.75) is 44.0 Å². The second kappa shape index (κ2) is 9.11. The fourth-order valence-corrected chi connectivity index (χ4v) is 5.82. The number of furan rings is 1. The van der Waals surface area contributed by atoms with Crippen molar-refractivity contribution in [3.8, 4) is 0 Å². The molecule has 0 aliphatic carbocycles. The predicted octanol–water partition coefficient (Wildman–Crippen LogP) is 4.53. The summed E-state index contributed by atoms with van der Waals surface area (Å²) in [6, 6.07) is 3.82. The van der Waals surface area contributed by atoms with Crippen LogP contribution in [-0.4, -0.2) is 44.3 Å². The fraction of sp³-hybridized carbons (Fsp3) is 0.474. The summed E-state index contributed by atoms with van der Waals surface area (Å²) in [6.07, 6.45) is 4.94. The fourth-order valence-electron chi connectivity index (χ4n) is 2.99. The molecule has 10 heteroatoms.